The van der Waals surface area contributed by atoms with Gasteiger partial charge in [-0.15, -0.1) is 0 Å². The molecule has 0 radical (unpaired) electrons. The van der Waals surface area contributed by atoms with E-state index in [0.717, 1.165) is 18.2 Å². The van der Waals surface area contributed by atoms with Crippen LogP contribution in [0, 0.1) is 11.6 Å². The summed E-state index contributed by atoms with van der Waals surface area (Å²) >= 11 is 0. The van der Waals surface area contributed by atoms with Gasteiger partial charge in [-0.3, -0.25) is 4.79 Å². The minimum Gasteiger partial charge on any atom is -0.310 e. The second kappa shape index (κ2) is 4.68. The summed E-state index contributed by atoms with van der Waals surface area (Å²) in [6, 6.07) is 4.63. The normalized spacial score (nSPS) is 10.9. The van der Waals surface area contributed by atoms with E-state index in [-0.39, 0.29) is 17.2 Å². The van der Waals surface area contributed by atoms with Gasteiger partial charge < -0.3 is 4.98 Å². The minimum absolute atomic E-state index is 0.0121. The number of nitrogens with zero attached hydrogens (tertiary/aromatic N) is 1. The summed E-state index contributed by atoms with van der Waals surface area (Å²) < 4.78 is 27.2. The number of nitrogens with one attached hydrogen (secondary N) is 1. The predicted molar refractivity (Wildman–Crippen MR) is 64.3 cm³/mol. The Morgan fingerprint density at radius 1 is 1.22 bits per heavy atom. The van der Waals surface area contributed by atoms with E-state index < -0.39 is 17.2 Å². The molecule has 1 aromatic heterocycles. The van der Waals surface area contributed by atoms with Crippen LogP contribution in [0.25, 0.3) is 11.3 Å². The smallest absolute Gasteiger partial charge is 0.251 e. The van der Waals surface area contributed by atoms with Crippen LogP contribution in [0.4, 0.5) is 8.78 Å². The molecule has 0 aliphatic heterocycles. The summed E-state index contributed by atoms with van der Waals surface area (Å²) in [4.78, 5) is 18.1. The number of H-pyrrole nitrogens is 1. The fourth-order valence-electron chi connectivity index (χ4n) is 1.62. The third kappa shape index (κ3) is 2.30. The number of halogens is 2. The summed E-state index contributed by atoms with van der Waals surface area (Å²) in [6.07, 6.45) is 0. The Kier molecular flexibility index (Phi) is 3.23. The van der Waals surface area contributed by atoms with E-state index in [1.165, 1.54) is 6.07 Å². The molecule has 0 aliphatic rings. The van der Waals surface area contributed by atoms with E-state index in [9.17, 15) is 13.6 Å². The molecule has 0 unspecified atom stereocenters. The molecule has 0 aliphatic carbocycles. The molecular formula is C13H12F2N2O. The molecule has 0 bridgehead atoms. The van der Waals surface area contributed by atoms with Crippen molar-refractivity contribution in [3.63, 3.8) is 0 Å². The van der Waals surface area contributed by atoms with Crippen LogP contribution in [0.15, 0.2) is 29.1 Å². The monoisotopic (exact) mass is 250 g/mol. The second-order valence-corrected chi connectivity index (χ2v) is 4.27. The van der Waals surface area contributed by atoms with Gasteiger partial charge in [-0.25, -0.2) is 13.8 Å². The molecule has 0 saturated carbocycles. The lowest BCUT2D eigenvalue weighted by Crippen LogP contribution is -2.12. The van der Waals surface area contributed by atoms with E-state index in [1.54, 1.807) is 0 Å². The highest BCUT2D eigenvalue weighted by Gasteiger charge is 2.14. The predicted octanol–water partition coefficient (Wildman–Crippen LogP) is 2.84. The van der Waals surface area contributed by atoms with Crippen molar-refractivity contribution in [2.24, 2.45) is 0 Å². The molecule has 0 amide bonds. The van der Waals surface area contributed by atoms with Crippen LogP contribution < -0.4 is 5.56 Å². The summed E-state index contributed by atoms with van der Waals surface area (Å²) in [6.45, 7) is 3.67. The molecule has 0 fully saturated rings. The summed E-state index contributed by atoms with van der Waals surface area (Å²) in [5.41, 5.74) is -0.685. The van der Waals surface area contributed by atoms with Crippen molar-refractivity contribution in [2.75, 3.05) is 0 Å². The average molecular weight is 250 g/mol. The molecule has 1 N–H and O–H groups in total. The Labute approximate surface area is 103 Å². The van der Waals surface area contributed by atoms with Gasteiger partial charge in [-0.05, 0) is 12.1 Å². The Balaban J connectivity index is 2.68. The van der Waals surface area contributed by atoms with Gasteiger partial charge in [0, 0.05) is 12.0 Å². The standard InChI is InChI=1S/C13H12F2N2O/c1-7(2)13-16-10(6-11(18)17-13)12-8(14)4-3-5-9(12)15/h3-7H,1-2H3,(H,16,17,18). The number of rotatable bonds is 2. The molecule has 5 heteroatoms. The van der Waals surface area contributed by atoms with Crippen LogP contribution in [0.1, 0.15) is 25.6 Å². The summed E-state index contributed by atoms with van der Waals surface area (Å²) in [7, 11) is 0. The molecule has 1 heterocycles. The SMILES string of the molecule is CC(C)c1nc(-c2c(F)cccc2F)cc(=O)[nH]1. The van der Waals surface area contributed by atoms with Crippen LogP contribution in [0.5, 0.6) is 0 Å². The van der Waals surface area contributed by atoms with E-state index >= 15 is 0 Å². The molecular weight excluding hydrogens is 238 g/mol. The number of aromatic amines is 1. The van der Waals surface area contributed by atoms with E-state index in [1.807, 2.05) is 13.8 Å². The lowest BCUT2D eigenvalue weighted by molar-refractivity contribution is 0.588. The zero-order valence-electron chi connectivity index (χ0n) is 10.00. The molecule has 18 heavy (non-hydrogen) atoms. The van der Waals surface area contributed by atoms with Gasteiger partial charge in [-0.1, -0.05) is 19.9 Å². The third-order valence-electron chi connectivity index (χ3n) is 2.53. The maximum absolute atomic E-state index is 13.6. The lowest BCUT2D eigenvalue weighted by atomic mass is 10.1. The van der Waals surface area contributed by atoms with E-state index in [0.29, 0.717) is 5.82 Å². The van der Waals surface area contributed by atoms with E-state index in [4.69, 9.17) is 0 Å². The van der Waals surface area contributed by atoms with Crippen molar-refractivity contribution in [3.05, 3.63) is 52.1 Å². The minimum atomic E-state index is -0.734. The van der Waals surface area contributed by atoms with Gasteiger partial charge in [-0.2, -0.15) is 0 Å². The second-order valence-electron chi connectivity index (χ2n) is 4.27. The average Bonchev–Trinajstić information content (AvgIpc) is 2.28. The number of hydrogen-bond donors (Lipinski definition) is 1. The zero-order chi connectivity index (χ0) is 13.3. The van der Waals surface area contributed by atoms with Crippen LogP contribution in [-0.4, -0.2) is 9.97 Å². The first-order valence-electron chi connectivity index (χ1n) is 5.54. The maximum Gasteiger partial charge on any atom is 0.251 e. The van der Waals surface area contributed by atoms with Crippen molar-refractivity contribution in [3.8, 4) is 11.3 Å². The Bertz CT molecular complexity index is 615. The molecule has 3 nitrogen and oxygen atoms in total. The third-order valence-corrected chi connectivity index (χ3v) is 2.53. The summed E-state index contributed by atoms with van der Waals surface area (Å²) in [5, 5.41) is 0. The molecule has 1 aromatic carbocycles. The van der Waals surface area contributed by atoms with Crippen molar-refractivity contribution >= 4 is 0 Å². The van der Waals surface area contributed by atoms with Crippen molar-refractivity contribution < 1.29 is 8.78 Å². The van der Waals surface area contributed by atoms with Gasteiger partial charge in [0.1, 0.15) is 17.5 Å². The van der Waals surface area contributed by atoms with Gasteiger partial charge in [0.05, 0.1) is 11.3 Å². The first kappa shape index (κ1) is 12.4. The molecule has 2 aromatic rings. The van der Waals surface area contributed by atoms with Crippen LogP contribution >= 0.6 is 0 Å². The van der Waals surface area contributed by atoms with Gasteiger partial charge in [0.15, 0.2) is 0 Å². The highest BCUT2D eigenvalue weighted by Crippen LogP contribution is 2.23. The van der Waals surface area contributed by atoms with Crippen LogP contribution in [0.2, 0.25) is 0 Å². The Morgan fingerprint density at radius 3 is 2.39 bits per heavy atom. The summed E-state index contributed by atoms with van der Waals surface area (Å²) in [5.74, 6) is -1.10. The van der Waals surface area contributed by atoms with Crippen LogP contribution in [0.3, 0.4) is 0 Å². The fourth-order valence-corrected chi connectivity index (χ4v) is 1.62. The number of hydrogen-bond acceptors (Lipinski definition) is 2. The maximum atomic E-state index is 13.6. The lowest BCUT2D eigenvalue weighted by Gasteiger charge is -2.08. The zero-order valence-corrected chi connectivity index (χ0v) is 10.00. The van der Waals surface area contributed by atoms with Gasteiger partial charge in [0.25, 0.3) is 5.56 Å². The quantitative estimate of drug-likeness (QED) is 0.890. The van der Waals surface area contributed by atoms with Crippen molar-refractivity contribution in [1.82, 2.24) is 9.97 Å². The first-order chi connectivity index (χ1) is 8.49. The fraction of sp³-hybridized carbons (Fsp3) is 0.231. The molecule has 0 saturated heterocycles. The topological polar surface area (TPSA) is 45.8 Å². The highest BCUT2D eigenvalue weighted by atomic mass is 19.1. The first-order valence-corrected chi connectivity index (χ1v) is 5.54. The molecule has 0 atom stereocenters. The van der Waals surface area contributed by atoms with Crippen molar-refractivity contribution in [2.45, 2.75) is 19.8 Å². The number of benzene rings is 1. The van der Waals surface area contributed by atoms with Gasteiger partial charge in [0.2, 0.25) is 0 Å². The van der Waals surface area contributed by atoms with Gasteiger partial charge >= 0.3 is 0 Å². The Hall–Kier alpha value is -2.04. The van der Waals surface area contributed by atoms with Crippen LogP contribution in [-0.2, 0) is 0 Å². The largest absolute Gasteiger partial charge is 0.310 e. The van der Waals surface area contributed by atoms with E-state index in [2.05, 4.69) is 9.97 Å². The molecule has 2 rings (SSSR count). The van der Waals surface area contributed by atoms with Crippen molar-refractivity contribution in [1.29, 1.82) is 0 Å². The molecule has 0 spiro atoms. The highest BCUT2D eigenvalue weighted by molar-refractivity contribution is 5.60. The Morgan fingerprint density at radius 2 is 1.83 bits per heavy atom. The molecule has 94 valence electrons. The number of aromatic nitrogens is 2.